The van der Waals surface area contributed by atoms with Gasteiger partial charge in [-0.3, -0.25) is 14.6 Å². The van der Waals surface area contributed by atoms with Crippen molar-refractivity contribution in [2.24, 2.45) is 0 Å². The molecule has 0 bridgehead atoms. The largest absolute Gasteiger partial charge is 0.463 e. The van der Waals surface area contributed by atoms with Crippen molar-refractivity contribution in [1.29, 1.82) is 0 Å². The molecule has 2 aliphatic heterocycles. The number of esters is 1. The number of H-pyrrole nitrogens is 1. The Morgan fingerprint density at radius 3 is 2.83 bits per heavy atom. The van der Waals surface area contributed by atoms with Crippen LogP contribution in [-0.4, -0.2) is 67.4 Å². The second-order valence-electron chi connectivity index (χ2n) is 7.36. The highest BCUT2D eigenvalue weighted by atomic mass is 32.2. The second kappa shape index (κ2) is 7.67. The first-order chi connectivity index (χ1) is 13.8. The molecule has 0 saturated carbocycles. The van der Waals surface area contributed by atoms with Gasteiger partial charge in [-0.05, 0) is 20.3 Å². The van der Waals surface area contributed by atoms with Gasteiger partial charge in [0, 0.05) is 12.7 Å². The van der Waals surface area contributed by atoms with E-state index in [0.717, 1.165) is 12.2 Å². The van der Waals surface area contributed by atoms with Gasteiger partial charge >= 0.3 is 5.97 Å². The van der Waals surface area contributed by atoms with Crippen LogP contribution in [0.1, 0.15) is 40.3 Å². The molecule has 12 heteroatoms. The molecule has 4 atom stereocenters. The minimum Gasteiger partial charge on any atom is -0.463 e. The van der Waals surface area contributed by atoms with E-state index >= 15 is 0 Å². The molecule has 0 amide bonds. The Morgan fingerprint density at radius 2 is 2.10 bits per heavy atom. The Morgan fingerprint density at radius 1 is 1.34 bits per heavy atom. The van der Waals surface area contributed by atoms with E-state index in [1.807, 2.05) is 6.92 Å². The van der Waals surface area contributed by atoms with E-state index in [1.54, 1.807) is 13.8 Å². The van der Waals surface area contributed by atoms with Gasteiger partial charge in [-0.2, -0.15) is 4.68 Å². The zero-order valence-electron chi connectivity index (χ0n) is 16.6. The number of thioether (sulfide) groups is 1. The maximum absolute atomic E-state index is 12.4. The van der Waals surface area contributed by atoms with Gasteiger partial charge in [0.25, 0.3) is 5.56 Å². The van der Waals surface area contributed by atoms with E-state index in [1.165, 1.54) is 23.4 Å². The summed E-state index contributed by atoms with van der Waals surface area (Å²) in [5.41, 5.74) is 0.0555. The van der Waals surface area contributed by atoms with Crippen molar-refractivity contribution in [2.45, 2.75) is 69.6 Å². The van der Waals surface area contributed by atoms with E-state index in [9.17, 15) is 9.59 Å². The van der Waals surface area contributed by atoms with Gasteiger partial charge in [-0.15, -0.1) is 5.10 Å². The third-order valence-electron chi connectivity index (χ3n) is 4.57. The molecule has 4 rings (SSSR count). The van der Waals surface area contributed by atoms with Crippen molar-refractivity contribution in [2.75, 3.05) is 12.4 Å². The molecule has 0 spiro atoms. The van der Waals surface area contributed by atoms with Crippen LogP contribution in [0, 0.1) is 0 Å². The lowest BCUT2D eigenvalue weighted by molar-refractivity contribution is -0.203. The topological polar surface area (TPSA) is 130 Å². The second-order valence-corrected chi connectivity index (χ2v) is 8.44. The molecule has 2 fully saturated rings. The molecule has 29 heavy (non-hydrogen) atoms. The van der Waals surface area contributed by atoms with Crippen LogP contribution in [0.25, 0.3) is 11.2 Å². The number of carbonyl (C=O) groups excluding carboxylic acids is 1. The maximum Gasteiger partial charge on any atom is 0.302 e. The number of carbonyl (C=O) groups is 1. The van der Waals surface area contributed by atoms with E-state index in [-0.39, 0.29) is 17.7 Å². The number of ether oxygens (including phenoxy) is 4. The summed E-state index contributed by atoms with van der Waals surface area (Å²) in [5, 5.41) is 8.56. The molecule has 2 aromatic rings. The molecule has 1 N–H and O–H groups in total. The molecule has 0 aliphatic carbocycles. The van der Waals surface area contributed by atoms with Crippen LogP contribution in [0.5, 0.6) is 0 Å². The molecule has 4 heterocycles. The lowest BCUT2D eigenvalue weighted by Gasteiger charge is -2.24. The lowest BCUT2D eigenvalue weighted by Crippen LogP contribution is -2.33. The first-order valence-corrected chi connectivity index (χ1v) is 10.4. The smallest absolute Gasteiger partial charge is 0.302 e. The van der Waals surface area contributed by atoms with E-state index in [4.69, 9.17) is 18.9 Å². The summed E-state index contributed by atoms with van der Waals surface area (Å²) < 4.78 is 24.6. The standard InChI is InChI=1S/C17H23N5O6S/c1-5-6-29-16-18-13-10(14(24)19-16)20-21-22(13)15-12-11(27-17(3,4)28-12)9(26-15)7-25-8(2)23/h9,11-12,15H,5-7H2,1-4H3,(H,18,19,24)/t9-,11-,12-,15-/m1/s1. The van der Waals surface area contributed by atoms with Crippen LogP contribution in [0.3, 0.4) is 0 Å². The Bertz CT molecular complexity index is 975. The minimum absolute atomic E-state index is 0.0185. The zero-order valence-corrected chi connectivity index (χ0v) is 17.4. The summed E-state index contributed by atoms with van der Waals surface area (Å²) in [6, 6.07) is 0. The van der Waals surface area contributed by atoms with Crippen LogP contribution in [0.2, 0.25) is 0 Å². The van der Waals surface area contributed by atoms with Crippen LogP contribution in [0.15, 0.2) is 9.95 Å². The average molecular weight is 425 g/mol. The van der Waals surface area contributed by atoms with Crippen LogP contribution in [0.4, 0.5) is 0 Å². The SMILES string of the molecule is CCCSc1nc2c(nnn2[C@@H]2O[C@H](COC(C)=O)[C@H]3OC(C)(C)O[C@H]32)c(=O)[nH]1. The summed E-state index contributed by atoms with van der Waals surface area (Å²) in [5.74, 6) is -0.435. The number of nitrogens with zero attached hydrogens (tertiary/aromatic N) is 4. The summed E-state index contributed by atoms with van der Waals surface area (Å²) >= 11 is 1.45. The molecule has 2 saturated heterocycles. The van der Waals surface area contributed by atoms with Crippen molar-refractivity contribution in [1.82, 2.24) is 25.0 Å². The molecular formula is C17H23N5O6S. The van der Waals surface area contributed by atoms with Crippen molar-refractivity contribution >= 4 is 28.9 Å². The zero-order chi connectivity index (χ0) is 20.8. The normalized spacial score (nSPS) is 28.0. The van der Waals surface area contributed by atoms with Gasteiger partial charge in [-0.25, -0.2) is 4.98 Å². The van der Waals surface area contributed by atoms with Crippen LogP contribution < -0.4 is 5.56 Å². The third kappa shape index (κ3) is 3.89. The lowest BCUT2D eigenvalue weighted by atomic mass is 10.1. The van der Waals surface area contributed by atoms with E-state index < -0.39 is 36.3 Å². The molecule has 0 aromatic carbocycles. The van der Waals surface area contributed by atoms with Gasteiger partial charge in [0.05, 0.1) is 0 Å². The fourth-order valence-electron chi connectivity index (χ4n) is 3.45. The van der Waals surface area contributed by atoms with Gasteiger partial charge in [0.2, 0.25) is 0 Å². The van der Waals surface area contributed by atoms with Crippen molar-refractivity contribution in [3.05, 3.63) is 10.4 Å². The van der Waals surface area contributed by atoms with Crippen molar-refractivity contribution in [3.63, 3.8) is 0 Å². The first-order valence-electron chi connectivity index (χ1n) is 9.41. The van der Waals surface area contributed by atoms with Crippen LogP contribution >= 0.6 is 11.8 Å². The highest BCUT2D eigenvalue weighted by Crippen LogP contribution is 2.43. The quantitative estimate of drug-likeness (QED) is 0.406. The molecule has 158 valence electrons. The predicted octanol–water partition coefficient (Wildman–Crippen LogP) is 0.997. The average Bonchev–Trinajstić information content (AvgIpc) is 3.29. The Hall–Kier alpha value is -2.02. The Balaban J connectivity index is 1.69. The number of hydrogen-bond acceptors (Lipinski definition) is 10. The molecule has 11 nitrogen and oxygen atoms in total. The Kier molecular flexibility index (Phi) is 5.36. The number of aromatic amines is 1. The number of aromatic nitrogens is 5. The monoisotopic (exact) mass is 425 g/mol. The van der Waals surface area contributed by atoms with E-state index in [2.05, 4.69) is 20.3 Å². The highest BCUT2D eigenvalue weighted by molar-refractivity contribution is 7.99. The van der Waals surface area contributed by atoms with Gasteiger partial charge in [0.15, 0.2) is 28.3 Å². The molecule has 0 radical (unpaired) electrons. The summed E-state index contributed by atoms with van der Waals surface area (Å²) in [7, 11) is 0. The van der Waals surface area contributed by atoms with E-state index in [0.29, 0.717) is 10.8 Å². The molecule has 2 aromatic heterocycles. The number of hydrogen-bond donors (Lipinski definition) is 1. The maximum atomic E-state index is 12.4. The molecular weight excluding hydrogens is 402 g/mol. The number of fused-ring (bicyclic) bond motifs is 2. The third-order valence-corrected chi connectivity index (χ3v) is 5.65. The van der Waals surface area contributed by atoms with Crippen molar-refractivity contribution < 1.29 is 23.7 Å². The highest BCUT2D eigenvalue weighted by Gasteiger charge is 2.57. The van der Waals surface area contributed by atoms with Gasteiger partial charge in [-0.1, -0.05) is 23.9 Å². The molecule has 2 aliphatic rings. The van der Waals surface area contributed by atoms with Crippen molar-refractivity contribution in [3.8, 4) is 0 Å². The van der Waals surface area contributed by atoms with Crippen LogP contribution in [-0.2, 0) is 23.7 Å². The predicted molar refractivity (Wildman–Crippen MR) is 101 cm³/mol. The van der Waals surface area contributed by atoms with Gasteiger partial charge < -0.3 is 18.9 Å². The fraction of sp³-hybridized carbons (Fsp3) is 0.706. The molecule has 0 unspecified atom stereocenters. The summed E-state index contributed by atoms with van der Waals surface area (Å²) in [6.45, 7) is 6.99. The first kappa shape index (κ1) is 20.3. The Labute approximate surface area is 170 Å². The summed E-state index contributed by atoms with van der Waals surface area (Å²) in [6.07, 6.45) is -1.33. The van der Waals surface area contributed by atoms with Gasteiger partial charge in [0.1, 0.15) is 24.9 Å². The minimum atomic E-state index is -0.838. The number of rotatable bonds is 6. The fourth-order valence-corrected chi connectivity index (χ4v) is 4.16. The number of nitrogens with one attached hydrogen (secondary N) is 1. The summed E-state index contributed by atoms with van der Waals surface area (Å²) in [4.78, 5) is 30.9.